The highest BCUT2D eigenvalue weighted by Crippen LogP contribution is 2.21. The summed E-state index contributed by atoms with van der Waals surface area (Å²) in [7, 11) is 0. The Labute approximate surface area is 76.9 Å². The Morgan fingerprint density at radius 3 is 2.46 bits per heavy atom. The van der Waals surface area contributed by atoms with Crippen LogP contribution in [0.4, 0.5) is 4.39 Å². The zero-order valence-electron chi connectivity index (χ0n) is 7.33. The Balaban J connectivity index is 2.20. The van der Waals surface area contributed by atoms with E-state index in [1.54, 1.807) is 0 Å². The van der Waals surface area contributed by atoms with Crippen LogP contribution in [0.25, 0.3) is 0 Å². The molecular formula is C10H13FN2. The number of nitrogens with one attached hydrogen (secondary N) is 1. The van der Waals surface area contributed by atoms with Crippen molar-refractivity contribution in [1.82, 2.24) is 5.32 Å². The number of halogens is 1. The Bertz CT molecular complexity index is 283. The average molecular weight is 180 g/mol. The van der Waals surface area contributed by atoms with E-state index in [-0.39, 0.29) is 11.9 Å². The Hall–Kier alpha value is -0.930. The predicted octanol–water partition coefficient (Wildman–Crippen LogP) is 0.840. The SMILES string of the molecule is N[C@@H]1CNC[C@H]1c1ccc(F)cc1. The maximum Gasteiger partial charge on any atom is 0.123 e. The third-order valence-corrected chi connectivity index (χ3v) is 2.56. The topological polar surface area (TPSA) is 38.0 Å². The van der Waals surface area contributed by atoms with E-state index in [0.717, 1.165) is 18.7 Å². The summed E-state index contributed by atoms with van der Waals surface area (Å²) in [6.07, 6.45) is 0. The van der Waals surface area contributed by atoms with Gasteiger partial charge in [0.25, 0.3) is 0 Å². The molecule has 1 saturated heterocycles. The highest BCUT2D eigenvalue weighted by atomic mass is 19.1. The fourth-order valence-corrected chi connectivity index (χ4v) is 1.77. The highest BCUT2D eigenvalue weighted by molar-refractivity contribution is 5.23. The van der Waals surface area contributed by atoms with Crippen molar-refractivity contribution in [2.45, 2.75) is 12.0 Å². The molecule has 1 aliphatic rings. The molecule has 1 aromatic carbocycles. The second-order valence-corrected chi connectivity index (χ2v) is 3.48. The summed E-state index contributed by atoms with van der Waals surface area (Å²) in [4.78, 5) is 0. The van der Waals surface area contributed by atoms with Gasteiger partial charge in [-0.25, -0.2) is 4.39 Å². The molecule has 0 bridgehead atoms. The van der Waals surface area contributed by atoms with Gasteiger partial charge in [0.05, 0.1) is 0 Å². The Morgan fingerprint density at radius 1 is 1.23 bits per heavy atom. The van der Waals surface area contributed by atoms with Gasteiger partial charge >= 0.3 is 0 Å². The summed E-state index contributed by atoms with van der Waals surface area (Å²) in [6, 6.07) is 6.76. The molecule has 2 rings (SSSR count). The predicted molar refractivity (Wildman–Crippen MR) is 50.0 cm³/mol. The average Bonchev–Trinajstić information content (AvgIpc) is 2.53. The van der Waals surface area contributed by atoms with Crippen LogP contribution in [0.1, 0.15) is 11.5 Å². The van der Waals surface area contributed by atoms with Gasteiger partial charge in [-0.3, -0.25) is 0 Å². The van der Waals surface area contributed by atoms with Crippen molar-refractivity contribution in [1.29, 1.82) is 0 Å². The molecular weight excluding hydrogens is 167 g/mol. The van der Waals surface area contributed by atoms with E-state index < -0.39 is 0 Å². The van der Waals surface area contributed by atoms with Crippen LogP contribution < -0.4 is 11.1 Å². The minimum atomic E-state index is -0.191. The lowest BCUT2D eigenvalue weighted by Gasteiger charge is -2.13. The molecule has 0 unspecified atom stereocenters. The molecule has 2 atom stereocenters. The first-order valence-corrected chi connectivity index (χ1v) is 4.49. The summed E-state index contributed by atoms with van der Waals surface area (Å²) in [6.45, 7) is 1.74. The molecule has 70 valence electrons. The first-order valence-electron chi connectivity index (χ1n) is 4.49. The van der Waals surface area contributed by atoms with E-state index in [9.17, 15) is 4.39 Å². The van der Waals surface area contributed by atoms with Crippen LogP contribution in [-0.2, 0) is 0 Å². The molecule has 0 amide bonds. The lowest BCUT2D eigenvalue weighted by Crippen LogP contribution is -2.27. The molecule has 1 fully saturated rings. The molecule has 2 nitrogen and oxygen atoms in total. The zero-order chi connectivity index (χ0) is 9.26. The van der Waals surface area contributed by atoms with E-state index in [2.05, 4.69) is 5.32 Å². The fraction of sp³-hybridized carbons (Fsp3) is 0.400. The van der Waals surface area contributed by atoms with Crippen LogP contribution in [0.5, 0.6) is 0 Å². The summed E-state index contributed by atoms with van der Waals surface area (Å²) >= 11 is 0. The molecule has 13 heavy (non-hydrogen) atoms. The van der Waals surface area contributed by atoms with Gasteiger partial charge < -0.3 is 11.1 Å². The third-order valence-electron chi connectivity index (χ3n) is 2.56. The maximum absolute atomic E-state index is 12.6. The molecule has 0 aliphatic carbocycles. The lowest BCUT2D eigenvalue weighted by molar-refractivity contribution is 0.620. The van der Waals surface area contributed by atoms with E-state index in [1.165, 1.54) is 12.1 Å². The Kier molecular flexibility index (Phi) is 2.29. The normalized spacial score (nSPS) is 27.8. The monoisotopic (exact) mass is 180 g/mol. The van der Waals surface area contributed by atoms with Gasteiger partial charge in [0.1, 0.15) is 5.82 Å². The number of benzene rings is 1. The molecule has 1 aromatic rings. The maximum atomic E-state index is 12.6. The zero-order valence-corrected chi connectivity index (χ0v) is 7.33. The van der Waals surface area contributed by atoms with Crippen LogP contribution in [0.3, 0.4) is 0 Å². The second kappa shape index (κ2) is 3.44. The molecule has 0 saturated carbocycles. The van der Waals surface area contributed by atoms with Gasteiger partial charge in [0.15, 0.2) is 0 Å². The van der Waals surface area contributed by atoms with Gasteiger partial charge in [0.2, 0.25) is 0 Å². The second-order valence-electron chi connectivity index (χ2n) is 3.48. The van der Waals surface area contributed by atoms with E-state index in [1.807, 2.05) is 12.1 Å². The summed E-state index contributed by atoms with van der Waals surface area (Å²) in [5.41, 5.74) is 7.02. The van der Waals surface area contributed by atoms with E-state index in [4.69, 9.17) is 5.73 Å². The number of nitrogens with two attached hydrogens (primary N) is 1. The first kappa shape index (κ1) is 8.66. The van der Waals surface area contributed by atoms with Crippen LogP contribution in [0.15, 0.2) is 24.3 Å². The van der Waals surface area contributed by atoms with Gasteiger partial charge in [-0.2, -0.15) is 0 Å². The van der Waals surface area contributed by atoms with Gasteiger partial charge in [0, 0.05) is 25.0 Å². The third kappa shape index (κ3) is 1.71. The minimum absolute atomic E-state index is 0.158. The van der Waals surface area contributed by atoms with Crippen molar-refractivity contribution in [2.24, 2.45) is 5.73 Å². The van der Waals surface area contributed by atoms with Crippen molar-refractivity contribution in [3.8, 4) is 0 Å². The quantitative estimate of drug-likeness (QED) is 0.672. The van der Waals surface area contributed by atoms with Crippen molar-refractivity contribution in [2.75, 3.05) is 13.1 Å². The van der Waals surface area contributed by atoms with Crippen molar-refractivity contribution in [3.63, 3.8) is 0 Å². The van der Waals surface area contributed by atoms with Gasteiger partial charge in [-0.15, -0.1) is 0 Å². The van der Waals surface area contributed by atoms with Crippen molar-refractivity contribution in [3.05, 3.63) is 35.6 Å². The fourth-order valence-electron chi connectivity index (χ4n) is 1.77. The van der Waals surface area contributed by atoms with Gasteiger partial charge in [-0.05, 0) is 17.7 Å². The number of rotatable bonds is 1. The summed E-state index contributed by atoms with van der Waals surface area (Å²) in [5, 5.41) is 3.22. The summed E-state index contributed by atoms with van der Waals surface area (Å²) < 4.78 is 12.6. The first-order chi connectivity index (χ1) is 6.27. The van der Waals surface area contributed by atoms with Crippen LogP contribution in [0, 0.1) is 5.82 Å². The molecule has 0 radical (unpaired) electrons. The standard InChI is InChI=1S/C10H13FN2/c11-8-3-1-7(2-4-8)9-5-13-6-10(9)12/h1-4,9-10,13H,5-6,12H2/t9-,10+/m0/s1. The van der Waals surface area contributed by atoms with E-state index >= 15 is 0 Å². The molecule has 0 aromatic heterocycles. The van der Waals surface area contributed by atoms with Crippen LogP contribution in [-0.4, -0.2) is 19.1 Å². The molecule has 0 spiro atoms. The Morgan fingerprint density at radius 2 is 1.92 bits per heavy atom. The van der Waals surface area contributed by atoms with E-state index in [0.29, 0.717) is 5.92 Å². The smallest absolute Gasteiger partial charge is 0.123 e. The van der Waals surface area contributed by atoms with Crippen molar-refractivity contribution >= 4 is 0 Å². The molecule has 3 N–H and O–H groups in total. The van der Waals surface area contributed by atoms with Crippen LogP contribution in [0.2, 0.25) is 0 Å². The molecule has 3 heteroatoms. The molecule has 1 aliphatic heterocycles. The van der Waals surface area contributed by atoms with Crippen molar-refractivity contribution < 1.29 is 4.39 Å². The largest absolute Gasteiger partial charge is 0.326 e. The number of hydrogen-bond acceptors (Lipinski definition) is 2. The lowest BCUT2D eigenvalue weighted by atomic mass is 9.95. The molecule has 1 heterocycles. The summed E-state index contributed by atoms with van der Waals surface area (Å²) in [5.74, 6) is 0.142. The van der Waals surface area contributed by atoms with Crippen LogP contribution >= 0.6 is 0 Å². The number of hydrogen-bond donors (Lipinski definition) is 2. The minimum Gasteiger partial charge on any atom is -0.326 e. The highest BCUT2D eigenvalue weighted by Gasteiger charge is 2.24. The van der Waals surface area contributed by atoms with Gasteiger partial charge in [-0.1, -0.05) is 12.1 Å².